The normalized spacial score (nSPS) is 11.5. The molecule has 0 spiro atoms. The third-order valence-electron chi connectivity index (χ3n) is 4.03. The van der Waals surface area contributed by atoms with Gasteiger partial charge in [-0.2, -0.15) is 5.26 Å². The van der Waals surface area contributed by atoms with Gasteiger partial charge >= 0.3 is 0 Å². The Labute approximate surface area is 172 Å². The number of aromatic nitrogens is 1. The van der Waals surface area contributed by atoms with Crippen molar-refractivity contribution in [2.45, 2.75) is 10.1 Å². The SMILES string of the molecule is CN(C)S(=O)(=O)c1ccc2oc(SCC(=O)N(CC#N)c3ccccc3)nc2c1. The number of oxazole rings is 1. The molecule has 0 aliphatic rings. The quantitative estimate of drug-likeness (QED) is 0.419. The van der Waals surface area contributed by atoms with E-state index in [1.54, 1.807) is 24.3 Å². The molecular formula is C19H18N4O4S2. The largest absolute Gasteiger partial charge is 0.431 e. The summed E-state index contributed by atoms with van der Waals surface area (Å²) in [5.74, 6) is -0.243. The average molecular weight is 431 g/mol. The summed E-state index contributed by atoms with van der Waals surface area (Å²) in [7, 11) is -0.673. The van der Waals surface area contributed by atoms with Gasteiger partial charge in [-0.05, 0) is 30.3 Å². The number of fused-ring (bicyclic) bond motifs is 1. The number of benzene rings is 2. The molecule has 0 N–H and O–H groups in total. The fourth-order valence-corrected chi connectivity index (χ4v) is 4.16. The van der Waals surface area contributed by atoms with E-state index in [-0.39, 0.29) is 28.3 Å². The zero-order valence-electron chi connectivity index (χ0n) is 15.8. The second kappa shape index (κ2) is 8.65. The van der Waals surface area contributed by atoms with Crippen LogP contribution in [0.1, 0.15) is 0 Å². The molecule has 1 heterocycles. The molecular weight excluding hydrogens is 412 g/mol. The van der Waals surface area contributed by atoms with Crippen LogP contribution in [0.2, 0.25) is 0 Å². The second-order valence-corrected chi connectivity index (χ2v) is 9.24. The maximum Gasteiger partial charge on any atom is 0.257 e. The highest BCUT2D eigenvalue weighted by molar-refractivity contribution is 7.99. The summed E-state index contributed by atoms with van der Waals surface area (Å²) in [6, 6.07) is 15.3. The minimum atomic E-state index is -3.58. The van der Waals surface area contributed by atoms with E-state index in [0.29, 0.717) is 16.8 Å². The summed E-state index contributed by atoms with van der Waals surface area (Å²) in [5, 5.41) is 9.27. The van der Waals surface area contributed by atoms with Gasteiger partial charge < -0.3 is 4.42 Å². The molecule has 0 saturated carbocycles. The van der Waals surface area contributed by atoms with Crippen molar-refractivity contribution in [3.05, 3.63) is 48.5 Å². The number of hydrogen-bond acceptors (Lipinski definition) is 7. The van der Waals surface area contributed by atoms with E-state index in [0.717, 1.165) is 16.1 Å². The standard InChI is InChI=1S/C19H18N4O4S2/c1-22(2)29(25,26)15-8-9-17-16(12-15)21-19(27-17)28-13-18(24)23(11-10-20)14-6-4-3-5-7-14/h3-9,12H,11,13H2,1-2H3. The number of carbonyl (C=O) groups is 1. The summed E-state index contributed by atoms with van der Waals surface area (Å²) in [4.78, 5) is 18.4. The van der Waals surface area contributed by atoms with Crippen LogP contribution in [-0.2, 0) is 14.8 Å². The van der Waals surface area contributed by atoms with Gasteiger partial charge in [-0.3, -0.25) is 9.69 Å². The maximum atomic E-state index is 12.6. The van der Waals surface area contributed by atoms with Gasteiger partial charge in [0.1, 0.15) is 12.1 Å². The van der Waals surface area contributed by atoms with Crippen LogP contribution in [-0.4, -0.2) is 50.0 Å². The molecule has 10 heteroatoms. The Kier molecular flexibility index (Phi) is 6.22. The fourth-order valence-electron chi connectivity index (χ4n) is 2.52. The molecule has 3 aromatic rings. The Morgan fingerprint density at radius 1 is 1.21 bits per heavy atom. The van der Waals surface area contributed by atoms with Crippen LogP contribution in [0.15, 0.2) is 63.1 Å². The topological polar surface area (TPSA) is 108 Å². The predicted molar refractivity (Wildman–Crippen MR) is 110 cm³/mol. The van der Waals surface area contributed by atoms with Crippen molar-refractivity contribution >= 4 is 44.5 Å². The van der Waals surface area contributed by atoms with Gasteiger partial charge in [-0.25, -0.2) is 17.7 Å². The number of thioether (sulfide) groups is 1. The summed E-state index contributed by atoms with van der Waals surface area (Å²) in [5.41, 5.74) is 1.45. The number of nitrogens with zero attached hydrogens (tertiary/aromatic N) is 4. The first-order valence-electron chi connectivity index (χ1n) is 8.51. The van der Waals surface area contributed by atoms with Crippen molar-refractivity contribution < 1.29 is 17.6 Å². The molecule has 0 unspecified atom stereocenters. The van der Waals surface area contributed by atoms with E-state index in [2.05, 4.69) is 4.98 Å². The highest BCUT2D eigenvalue weighted by Gasteiger charge is 2.20. The van der Waals surface area contributed by atoms with Gasteiger partial charge in [0.15, 0.2) is 5.58 Å². The number of amides is 1. The molecule has 2 aromatic carbocycles. The van der Waals surface area contributed by atoms with Crippen LogP contribution in [0.4, 0.5) is 5.69 Å². The molecule has 150 valence electrons. The van der Waals surface area contributed by atoms with Crippen LogP contribution in [0.25, 0.3) is 11.1 Å². The third-order valence-corrected chi connectivity index (χ3v) is 6.66. The number of sulfonamides is 1. The summed E-state index contributed by atoms with van der Waals surface area (Å²) in [6.07, 6.45) is 0. The lowest BCUT2D eigenvalue weighted by molar-refractivity contribution is -0.116. The highest BCUT2D eigenvalue weighted by Crippen LogP contribution is 2.27. The predicted octanol–water partition coefficient (Wildman–Crippen LogP) is 2.73. The first-order chi connectivity index (χ1) is 13.8. The third kappa shape index (κ3) is 4.59. The molecule has 0 bridgehead atoms. The lowest BCUT2D eigenvalue weighted by atomic mass is 10.3. The van der Waals surface area contributed by atoms with E-state index in [4.69, 9.17) is 9.68 Å². The number of anilines is 1. The molecule has 29 heavy (non-hydrogen) atoms. The fraction of sp³-hybridized carbons (Fsp3) is 0.211. The molecule has 0 aliphatic heterocycles. The minimum absolute atomic E-state index is 0.0201. The minimum Gasteiger partial charge on any atom is -0.431 e. The number of rotatable bonds is 7. The Morgan fingerprint density at radius 3 is 2.59 bits per heavy atom. The monoisotopic (exact) mass is 430 g/mol. The molecule has 0 atom stereocenters. The number of nitriles is 1. The van der Waals surface area contributed by atoms with Gasteiger partial charge in [0.2, 0.25) is 15.9 Å². The number of para-hydroxylation sites is 1. The van der Waals surface area contributed by atoms with Crippen LogP contribution in [0.5, 0.6) is 0 Å². The van der Waals surface area contributed by atoms with Gasteiger partial charge in [0.05, 0.1) is 16.7 Å². The number of carbonyl (C=O) groups excluding carboxylic acids is 1. The first-order valence-corrected chi connectivity index (χ1v) is 10.9. The Bertz CT molecular complexity index is 1170. The van der Waals surface area contributed by atoms with Gasteiger partial charge in [-0.1, -0.05) is 30.0 Å². The molecule has 0 radical (unpaired) electrons. The van der Waals surface area contributed by atoms with Gasteiger partial charge in [0.25, 0.3) is 5.22 Å². The van der Waals surface area contributed by atoms with E-state index in [1.165, 1.54) is 37.2 Å². The van der Waals surface area contributed by atoms with Crippen LogP contribution >= 0.6 is 11.8 Å². The van der Waals surface area contributed by atoms with E-state index in [1.807, 2.05) is 12.1 Å². The summed E-state index contributed by atoms with van der Waals surface area (Å²) in [6.45, 7) is -0.0667. The van der Waals surface area contributed by atoms with Crippen molar-refractivity contribution in [3.8, 4) is 6.07 Å². The smallest absolute Gasteiger partial charge is 0.257 e. The van der Waals surface area contributed by atoms with Crippen molar-refractivity contribution in [2.75, 3.05) is 31.3 Å². The van der Waals surface area contributed by atoms with Gasteiger partial charge in [-0.15, -0.1) is 0 Å². The van der Waals surface area contributed by atoms with Crippen molar-refractivity contribution in [3.63, 3.8) is 0 Å². The molecule has 8 nitrogen and oxygen atoms in total. The zero-order valence-corrected chi connectivity index (χ0v) is 17.4. The lowest BCUT2D eigenvalue weighted by Gasteiger charge is -2.18. The first kappa shape index (κ1) is 20.9. The highest BCUT2D eigenvalue weighted by atomic mass is 32.2. The van der Waals surface area contributed by atoms with E-state index < -0.39 is 10.0 Å². The van der Waals surface area contributed by atoms with E-state index in [9.17, 15) is 13.2 Å². The molecule has 3 rings (SSSR count). The summed E-state index contributed by atoms with van der Waals surface area (Å²) < 4.78 is 31.2. The Hall–Kier alpha value is -2.87. The number of hydrogen-bond donors (Lipinski definition) is 0. The molecule has 1 amide bonds. The maximum absolute atomic E-state index is 12.6. The van der Waals surface area contributed by atoms with Crippen molar-refractivity contribution in [1.29, 1.82) is 5.26 Å². The van der Waals surface area contributed by atoms with Crippen LogP contribution < -0.4 is 4.90 Å². The molecule has 0 fully saturated rings. The molecule has 0 saturated heterocycles. The van der Waals surface area contributed by atoms with Crippen LogP contribution in [0, 0.1) is 11.3 Å². The van der Waals surface area contributed by atoms with Gasteiger partial charge in [0, 0.05) is 19.8 Å². The molecule has 0 aliphatic carbocycles. The second-order valence-electron chi connectivity index (χ2n) is 6.16. The average Bonchev–Trinajstić information content (AvgIpc) is 3.13. The molecule has 1 aromatic heterocycles. The Morgan fingerprint density at radius 2 is 1.93 bits per heavy atom. The Balaban J connectivity index is 1.76. The van der Waals surface area contributed by atoms with Crippen LogP contribution in [0.3, 0.4) is 0 Å². The lowest BCUT2D eigenvalue weighted by Crippen LogP contribution is -2.32. The zero-order chi connectivity index (χ0) is 21.0. The van der Waals surface area contributed by atoms with Crippen molar-refractivity contribution in [2.24, 2.45) is 0 Å². The van der Waals surface area contributed by atoms with Crippen molar-refractivity contribution in [1.82, 2.24) is 9.29 Å². The van der Waals surface area contributed by atoms with E-state index >= 15 is 0 Å². The summed E-state index contributed by atoms with van der Waals surface area (Å²) >= 11 is 1.08.